The minimum atomic E-state index is -1.31. The second-order valence-corrected chi connectivity index (χ2v) is 24.3. The topological polar surface area (TPSA) is 406 Å². The Morgan fingerprint density at radius 2 is 0.788 bits per heavy atom. The average Bonchev–Trinajstić information content (AvgIpc) is 4.60. The molecule has 2 fully saturated rings. The Labute approximate surface area is 503 Å². The van der Waals surface area contributed by atoms with Crippen molar-refractivity contribution in [2.75, 3.05) is 66.1 Å². The number of nitrogens with one attached hydrogen (secondary N) is 3. The van der Waals surface area contributed by atoms with Gasteiger partial charge in [0, 0.05) is 50.1 Å². The van der Waals surface area contributed by atoms with Gasteiger partial charge in [-0.15, -0.1) is 15.3 Å². The maximum Gasteiger partial charge on any atom is 0.191 e. The van der Waals surface area contributed by atoms with Crippen LogP contribution in [-0.2, 0) is 9.47 Å². The van der Waals surface area contributed by atoms with Gasteiger partial charge in [-0.05, 0) is 51.4 Å². The molecule has 0 saturated carbocycles. The fraction of sp³-hybridized carbons (Fsp3) is 0.660. The van der Waals surface area contributed by atoms with E-state index in [9.17, 15) is 46.0 Å². The molecule has 14 atom stereocenters. The van der Waals surface area contributed by atoms with Crippen LogP contribution in [0, 0.1) is 0 Å². The van der Waals surface area contributed by atoms with Crippen molar-refractivity contribution in [2.24, 2.45) is 0 Å². The molecule has 11 rings (SSSR count). The van der Waals surface area contributed by atoms with Gasteiger partial charge in [0.1, 0.15) is 73.1 Å². The Bertz CT molecular complexity index is 3060. The molecule has 85 heavy (non-hydrogen) atoms. The molecule has 5 aliphatic rings. The zero-order valence-electron chi connectivity index (χ0n) is 47.8. The SMILES string of the molecule is CCCCNc1nc(SCCC)nc2c1nnn2[C@@H]1C=C[C@H](O)[C@@H](O)[C@H]1O.CCCSc1nc(NC[C@@H]2CCCO2)c2nnn([C@@H]3C=C[C@H](O)[C@@H](O)[C@H]3O)c2n1.CCCSc1nc(NC[C@H]2CCCO2)c2nnn([C@@H]3C=C[C@H](O)[C@@H](O)[C@H]3O)c2n1. The molecular formula is C53H78N18O11S3. The van der Waals surface area contributed by atoms with Crippen LogP contribution >= 0.6 is 35.3 Å². The number of unbranched alkanes of at least 4 members (excludes halogenated alkanes) is 1. The van der Waals surface area contributed by atoms with Gasteiger partial charge >= 0.3 is 0 Å². The van der Waals surface area contributed by atoms with Crippen LogP contribution in [0.3, 0.4) is 0 Å². The lowest BCUT2D eigenvalue weighted by Crippen LogP contribution is -2.44. The van der Waals surface area contributed by atoms with E-state index in [2.05, 4.69) is 104 Å². The van der Waals surface area contributed by atoms with Crippen molar-refractivity contribution >= 4 is 86.2 Å². The Hall–Kier alpha value is -5.33. The number of thioether (sulfide) groups is 3. The number of rotatable bonds is 22. The summed E-state index contributed by atoms with van der Waals surface area (Å²) < 4.78 is 15.8. The molecule has 3 aliphatic carbocycles. The normalized spacial score (nSPS) is 28.2. The average molecular weight is 1240 g/mol. The summed E-state index contributed by atoms with van der Waals surface area (Å²) in [6.07, 6.45) is 7.65. The zero-order valence-corrected chi connectivity index (χ0v) is 50.3. The van der Waals surface area contributed by atoms with Crippen molar-refractivity contribution in [3.8, 4) is 0 Å². The van der Waals surface area contributed by atoms with Gasteiger partial charge in [0.2, 0.25) is 0 Å². The van der Waals surface area contributed by atoms with Crippen molar-refractivity contribution in [3.05, 3.63) is 36.5 Å². The number of nitrogens with zero attached hydrogens (tertiary/aromatic N) is 15. The van der Waals surface area contributed by atoms with E-state index in [1.54, 1.807) is 30.0 Å². The first-order chi connectivity index (χ1) is 41.2. The first-order valence-corrected chi connectivity index (χ1v) is 32.1. The van der Waals surface area contributed by atoms with E-state index < -0.39 is 73.1 Å². The summed E-state index contributed by atoms with van der Waals surface area (Å²) >= 11 is 4.62. The maximum atomic E-state index is 10.4. The van der Waals surface area contributed by atoms with Crippen LogP contribution in [0.4, 0.5) is 17.5 Å². The molecule has 0 bridgehead atoms. The molecule has 0 aromatic carbocycles. The van der Waals surface area contributed by atoms with Crippen molar-refractivity contribution in [3.63, 3.8) is 0 Å². The van der Waals surface area contributed by atoms with Gasteiger partial charge in [0.05, 0.1) is 12.2 Å². The van der Waals surface area contributed by atoms with Crippen LogP contribution in [0.15, 0.2) is 51.9 Å². The second kappa shape index (κ2) is 30.5. The van der Waals surface area contributed by atoms with E-state index in [0.717, 1.165) is 94.8 Å². The fourth-order valence-electron chi connectivity index (χ4n) is 9.85. The number of hydrogen-bond donors (Lipinski definition) is 12. The summed E-state index contributed by atoms with van der Waals surface area (Å²) in [4.78, 5) is 27.5. The Balaban J connectivity index is 0.000000153. The van der Waals surface area contributed by atoms with Gasteiger partial charge in [0.15, 0.2) is 66.4 Å². The quantitative estimate of drug-likeness (QED) is 0.0200. The number of aliphatic hydroxyl groups excluding tert-OH is 9. The zero-order chi connectivity index (χ0) is 60.1. The molecule has 2 saturated heterocycles. The number of hydrogen-bond acceptors (Lipinski definition) is 29. The third kappa shape index (κ3) is 15.3. The van der Waals surface area contributed by atoms with E-state index in [0.29, 0.717) is 79.5 Å². The number of anilines is 3. The highest BCUT2D eigenvalue weighted by atomic mass is 32.2. The molecular weight excluding hydrogens is 1160 g/mol. The molecule has 6 aromatic rings. The minimum absolute atomic E-state index is 0.140. The van der Waals surface area contributed by atoms with Crippen molar-refractivity contribution in [1.82, 2.24) is 74.9 Å². The number of ether oxygens (including phenoxy) is 2. The molecule has 2 aliphatic heterocycles. The number of aliphatic hydroxyl groups is 9. The molecule has 29 nitrogen and oxygen atoms in total. The summed E-state index contributed by atoms with van der Waals surface area (Å²) in [7, 11) is 0. The Morgan fingerprint density at radius 3 is 1.09 bits per heavy atom. The summed E-state index contributed by atoms with van der Waals surface area (Å²) in [5.74, 6) is 4.39. The van der Waals surface area contributed by atoms with E-state index >= 15 is 0 Å². The third-order valence-electron chi connectivity index (χ3n) is 14.6. The largest absolute Gasteiger partial charge is 0.388 e. The van der Waals surface area contributed by atoms with Crippen LogP contribution in [0.5, 0.6) is 0 Å². The first-order valence-electron chi connectivity index (χ1n) is 29.1. The molecule has 464 valence electrons. The summed E-state index contributed by atoms with van der Waals surface area (Å²) in [5, 5.41) is 127. The predicted molar refractivity (Wildman–Crippen MR) is 319 cm³/mol. The lowest BCUT2D eigenvalue weighted by atomic mass is 9.94. The van der Waals surface area contributed by atoms with E-state index in [1.807, 2.05) is 0 Å². The van der Waals surface area contributed by atoms with E-state index in [-0.39, 0.29) is 12.2 Å². The lowest BCUT2D eigenvalue weighted by molar-refractivity contribution is -0.0637. The number of fused-ring (bicyclic) bond motifs is 3. The highest BCUT2D eigenvalue weighted by Crippen LogP contribution is 2.33. The molecule has 0 spiro atoms. The Kier molecular flexibility index (Phi) is 23.0. The molecule has 0 radical (unpaired) electrons. The van der Waals surface area contributed by atoms with Crippen molar-refractivity contribution in [1.29, 1.82) is 0 Å². The van der Waals surface area contributed by atoms with Gasteiger partial charge in [0.25, 0.3) is 0 Å². The van der Waals surface area contributed by atoms with Crippen LogP contribution in [0.1, 0.15) is 104 Å². The van der Waals surface area contributed by atoms with Gasteiger partial charge in [-0.2, -0.15) is 0 Å². The predicted octanol–water partition coefficient (Wildman–Crippen LogP) is 2.14. The van der Waals surface area contributed by atoms with Crippen LogP contribution in [0.25, 0.3) is 33.5 Å². The monoisotopic (exact) mass is 1240 g/mol. The first kappa shape index (κ1) is 64.2. The standard InChI is InChI=1S/2C18H26N6O4S.C17H26N6O3S/c2*1-2-8-29-18-20-16(19-9-10-4-3-7-28-10)13-17(21-18)24(23-22-13)11-5-6-12(25)15(27)14(11)26;1-3-5-8-18-15-12-16(20-17(19-15)27-9-4-2)23(22-21-12)10-6-7-11(24)14(26)13(10)25/h2*5-6,10-12,14-15,25-27H,2-4,7-9H2,1H3,(H,19,20,21);6-7,10-11,13-14,24-26H,3-5,8-9H2,1-2H3,(H,18,19,20)/t10-,11+,12-,14-,15+;10-,11-,12+,14+,15-;10-,11+,13+,14-/m011/s1. The van der Waals surface area contributed by atoms with Gasteiger partial charge in [-0.3, -0.25) is 0 Å². The van der Waals surface area contributed by atoms with Crippen LogP contribution in [-0.4, -0.2) is 238 Å². The lowest BCUT2D eigenvalue weighted by Gasteiger charge is -2.30. The Morgan fingerprint density at radius 1 is 0.447 bits per heavy atom. The highest BCUT2D eigenvalue weighted by molar-refractivity contribution is 7.99. The third-order valence-corrected chi connectivity index (χ3v) is 17.8. The van der Waals surface area contributed by atoms with Crippen LogP contribution < -0.4 is 16.0 Å². The maximum absolute atomic E-state index is 10.4. The van der Waals surface area contributed by atoms with E-state index in [1.165, 1.54) is 55.8 Å². The molecule has 32 heteroatoms. The molecule has 12 N–H and O–H groups in total. The molecule has 0 amide bonds. The van der Waals surface area contributed by atoms with Gasteiger partial charge in [-0.25, -0.2) is 43.9 Å². The van der Waals surface area contributed by atoms with Crippen LogP contribution in [0.2, 0.25) is 0 Å². The highest BCUT2D eigenvalue weighted by Gasteiger charge is 2.39. The molecule has 6 aromatic heterocycles. The molecule has 8 heterocycles. The second-order valence-electron chi connectivity index (χ2n) is 21.1. The van der Waals surface area contributed by atoms with Crippen molar-refractivity contribution < 1.29 is 55.4 Å². The smallest absolute Gasteiger partial charge is 0.191 e. The number of aromatic nitrogens is 15. The van der Waals surface area contributed by atoms with Gasteiger partial charge in [-0.1, -0.05) is 121 Å². The summed E-state index contributed by atoms with van der Waals surface area (Å²) in [6.45, 7) is 11.9. The fourth-order valence-corrected chi connectivity index (χ4v) is 11.9. The van der Waals surface area contributed by atoms with Crippen molar-refractivity contribution in [2.45, 2.75) is 186 Å². The minimum Gasteiger partial charge on any atom is -0.388 e. The van der Waals surface area contributed by atoms with Gasteiger partial charge < -0.3 is 71.4 Å². The summed E-state index contributed by atoms with van der Waals surface area (Å²) in [5.41, 5.74) is 2.92. The van der Waals surface area contributed by atoms with E-state index in [4.69, 9.17) is 9.47 Å². The summed E-state index contributed by atoms with van der Waals surface area (Å²) in [6, 6.07) is -2.05. The molecule has 0 unspecified atom stereocenters.